The van der Waals surface area contributed by atoms with E-state index < -0.39 is 0 Å². The highest BCUT2D eigenvalue weighted by Gasteiger charge is 2.09. The summed E-state index contributed by atoms with van der Waals surface area (Å²) >= 11 is 5.90. The molecule has 0 atom stereocenters. The second kappa shape index (κ2) is 8.32. The Bertz CT molecular complexity index is 926. The zero-order chi connectivity index (χ0) is 18.4. The normalized spacial score (nSPS) is 10.2. The van der Waals surface area contributed by atoms with Crippen molar-refractivity contribution in [2.45, 2.75) is 6.54 Å². The SMILES string of the molecule is O=C(NCc1cccc(C(=O)Nc2ccccc2)c1)c1cccc(Cl)c1. The number of para-hydroxylation sites is 1. The van der Waals surface area contributed by atoms with Gasteiger partial charge in [0.1, 0.15) is 0 Å². The number of carbonyl (C=O) groups is 2. The van der Waals surface area contributed by atoms with Crippen molar-refractivity contribution >= 4 is 29.1 Å². The molecular formula is C21H17ClN2O2. The van der Waals surface area contributed by atoms with E-state index >= 15 is 0 Å². The third kappa shape index (κ3) is 4.71. The summed E-state index contributed by atoms with van der Waals surface area (Å²) in [6, 6.07) is 23.2. The van der Waals surface area contributed by atoms with Gasteiger partial charge in [-0.25, -0.2) is 0 Å². The van der Waals surface area contributed by atoms with Gasteiger partial charge >= 0.3 is 0 Å². The predicted molar refractivity (Wildman–Crippen MR) is 103 cm³/mol. The van der Waals surface area contributed by atoms with Crippen molar-refractivity contribution in [2.24, 2.45) is 0 Å². The van der Waals surface area contributed by atoms with Crippen LogP contribution in [0.2, 0.25) is 5.02 Å². The number of rotatable bonds is 5. The van der Waals surface area contributed by atoms with E-state index in [9.17, 15) is 9.59 Å². The molecule has 2 N–H and O–H groups in total. The van der Waals surface area contributed by atoms with Crippen LogP contribution in [0.5, 0.6) is 0 Å². The number of benzene rings is 3. The Balaban J connectivity index is 1.64. The van der Waals surface area contributed by atoms with Gasteiger partial charge in [0.15, 0.2) is 0 Å². The van der Waals surface area contributed by atoms with E-state index in [1.54, 1.807) is 42.5 Å². The minimum absolute atomic E-state index is 0.195. The summed E-state index contributed by atoms with van der Waals surface area (Å²) in [4.78, 5) is 24.5. The highest BCUT2D eigenvalue weighted by Crippen LogP contribution is 2.12. The fourth-order valence-corrected chi connectivity index (χ4v) is 2.65. The van der Waals surface area contributed by atoms with Crippen LogP contribution in [0.1, 0.15) is 26.3 Å². The zero-order valence-corrected chi connectivity index (χ0v) is 14.7. The molecule has 3 aromatic rings. The first-order valence-corrected chi connectivity index (χ1v) is 8.49. The molecule has 0 bridgehead atoms. The highest BCUT2D eigenvalue weighted by atomic mass is 35.5. The molecule has 5 heteroatoms. The molecule has 3 aromatic carbocycles. The van der Waals surface area contributed by atoms with Crippen molar-refractivity contribution < 1.29 is 9.59 Å². The van der Waals surface area contributed by atoms with Crippen LogP contribution in [0.25, 0.3) is 0 Å². The highest BCUT2D eigenvalue weighted by molar-refractivity contribution is 6.30. The predicted octanol–water partition coefficient (Wildman–Crippen LogP) is 4.52. The lowest BCUT2D eigenvalue weighted by atomic mass is 10.1. The molecule has 0 saturated carbocycles. The molecule has 0 radical (unpaired) electrons. The van der Waals surface area contributed by atoms with Crippen LogP contribution in [-0.2, 0) is 6.54 Å². The van der Waals surface area contributed by atoms with E-state index in [1.807, 2.05) is 36.4 Å². The molecule has 0 heterocycles. The summed E-state index contributed by atoms with van der Waals surface area (Å²) in [5.74, 6) is -0.411. The second-order valence-electron chi connectivity index (χ2n) is 5.71. The average molecular weight is 365 g/mol. The quantitative estimate of drug-likeness (QED) is 0.699. The third-order valence-electron chi connectivity index (χ3n) is 3.76. The van der Waals surface area contributed by atoms with Crippen molar-refractivity contribution in [1.29, 1.82) is 0 Å². The van der Waals surface area contributed by atoms with Crippen LogP contribution in [0.4, 0.5) is 5.69 Å². The lowest BCUT2D eigenvalue weighted by Crippen LogP contribution is -2.23. The number of hydrogen-bond donors (Lipinski definition) is 2. The molecule has 0 aliphatic carbocycles. The second-order valence-corrected chi connectivity index (χ2v) is 6.15. The monoisotopic (exact) mass is 364 g/mol. The first-order valence-electron chi connectivity index (χ1n) is 8.11. The van der Waals surface area contributed by atoms with Crippen molar-refractivity contribution in [3.8, 4) is 0 Å². The number of hydrogen-bond acceptors (Lipinski definition) is 2. The fourth-order valence-electron chi connectivity index (χ4n) is 2.46. The molecule has 0 aliphatic heterocycles. The Morgan fingerprint density at radius 2 is 1.46 bits per heavy atom. The number of anilines is 1. The average Bonchev–Trinajstić information content (AvgIpc) is 2.67. The summed E-state index contributed by atoms with van der Waals surface area (Å²) in [6.07, 6.45) is 0. The lowest BCUT2D eigenvalue weighted by molar-refractivity contribution is 0.0950. The molecule has 2 amide bonds. The van der Waals surface area contributed by atoms with Gasteiger partial charge in [0, 0.05) is 28.4 Å². The van der Waals surface area contributed by atoms with Gasteiger partial charge in [0.25, 0.3) is 11.8 Å². The van der Waals surface area contributed by atoms with Crippen LogP contribution < -0.4 is 10.6 Å². The largest absolute Gasteiger partial charge is 0.348 e. The number of nitrogens with one attached hydrogen (secondary N) is 2. The Kier molecular flexibility index (Phi) is 5.66. The van der Waals surface area contributed by atoms with Gasteiger partial charge in [-0.2, -0.15) is 0 Å². The maximum Gasteiger partial charge on any atom is 0.255 e. The van der Waals surface area contributed by atoms with E-state index in [0.29, 0.717) is 22.7 Å². The summed E-state index contributed by atoms with van der Waals surface area (Å²) in [6.45, 7) is 0.317. The Hall–Kier alpha value is -3.11. The molecular weight excluding hydrogens is 348 g/mol. The molecule has 0 spiro atoms. The zero-order valence-electron chi connectivity index (χ0n) is 13.9. The summed E-state index contributed by atoms with van der Waals surface area (Å²) < 4.78 is 0. The Labute approximate surface area is 156 Å². The van der Waals surface area contributed by atoms with Gasteiger partial charge in [0.2, 0.25) is 0 Å². The Morgan fingerprint density at radius 3 is 2.19 bits per heavy atom. The van der Waals surface area contributed by atoms with Crippen LogP contribution in [0.15, 0.2) is 78.9 Å². The molecule has 3 rings (SSSR count). The van der Waals surface area contributed by atoms with Gasteiger partial charge < -0.3 is 10.6 Å². The summed E-state index contributed by atoms with van der Waals surface area (Å²) in [5.41, 5.74) is 2.59. The van der Waals surface area contributed by atoms with Crippen LogP contribution in [0, 0.1) is 0 Å². The minimum Gasteiger partial charge on any atom is -0.348 e. The maximum absolute atomic E-state index is 12.4. The van der Waals surface area contributed by atoms with Gasteiger partial charge in [-0.15, -0.1) is 0 Å². The van der Waals surface area contributed by atoms with Gasteiger partial charge in [-0.1, -0.05) is 48.0 Å². The van der Waals surface area contributed by atoms with E-state index in [1.165, 1.54) is 0 Å². The van der Waals surface area contributed by atoms with E-state index in [2.05, 4.69) is 10.6 Å². The Morgan fingerprint density at radius 1 is 0.769 bits per heavy atom. The number of amides is 2. The standard InChI is InChI=1S/C21H17ClN2O2/c22-18-9-5-8-17(13-18)20(25)23-14-15-6-4-7-16(12-15)21(26)24-19-10-2-1-3-11-19/h1-13H,14H2,(H,23,25)(H,24,26). The van der Waals surface area contributed by atoms with Crippen LogP contribution in [-0.4, -0.2) is 11.8 Å². The van der Waals surface area contributed by atoms with E-state index in [-0.39, 0.29) is 11.8 Å². The molecule has 0 unspecified atom stereocenters. The van der Waals surface area contributed by atoms with Crippen molar-refractivity contribution in [1.82, 2.24) is 5.32 Å². The number of halogens is 1. The lowest BCUT2D eigenvalue weighted by Gasteiger charge is -2.08. The first-order chi connectivity index (χ1) is 12.6. The minimum atomic E-state index is -0.216. The first kappa shape index (κ1) is 17.7. The maximum atomic E-state index is 12.4. The fraction of sp³-hybridized carbons (Fsp3) is 0.0476. The van der Waals surface area contributed by atoms with Gasteiger partial charge in [0.05, 0.1) is 0 Å². The van der Waals surface area contributed by atoms with Crippen molar-refractivity contribution in [3.63, 3.8) is 0 Å². The topological polar surface area (TPSA) is 58.2 Å². The molecule has 0 aliphatic rings. The summed E-state index contributed by atoms with van der Waals surface area (Å²) in [5, 5.41) is 6.18. The van der Waals surface area contributed by atoms with Crippen molar-refractivity contribution in [2.75, 3.05) is 5.32 Å². The molecule has 0 fully saturated rings. The van der Waals surface area contributed by atoms with Crippen molar-refractivity contribution in [3.05, 3.63) is 101 Å². The third-order valence-corrected chi connectivity index (χ3v) is 4.00. The van der Waals surface area contributed by atoms with Crippen LogP contribution in [0.3, 0.4) is 0 Å². The van der Waals surface area contributed by atoms with Gasteiger partial charge in [-0.3, -0.25) is 9.59 Å². The number of carbonyl (C=O) groups excluding carboxylic acids is 2. The smallest absolute Gasteiger partial charge is 0.255 e. The molecule has 26 heavy (non-hydrogen) atoms. The van der Waals surface area contributed by atoms with E-state index in [0.717, 1.165) is 11.3 Å². The molecule has 4 nitrogen and oxygen atoms in total. The summed E-state index contributed by atoms with van der Waals surface area (Å²) in [7, 11) is 0. The van der Waals surface area contributed by atoms with E-state index in [4.69, 9.17) is 11.6 Å². The molecule has 0 saturated heterocycles. The van der Waals surface area contributed by atoms with Crippen LogP contribution >= 0.6 is 11.6 Å². The molecule has 0 aromatic heterocycles. The van der Waals surface area contributed by atoms with Gasteiger partial charge in [-0.05, 0) is 48.0 Å². The molecule has 130 valence electrons.